The molecule has 0 bridgehead atoms. The van der Waals surface area contributed by atoms with Crippen molar-refractivity contribution < 1.29 is 28.1 Å². The molecule has 0 aromatic heterocycles. The molecule has 2 aromatic carbocycles. The highest BCUT2D eigenvalue weighted by Gasteiger charge is 2.18. The number of carbonyl (C=O) groups excluding carboxylic acids is 1. The van der Waals surface area contributed by atoms with Gasteiger partial charge in [-0.1, -0.05) is 22.0 Å². The Bertz CT molecular complexity index is 723. The van der Waals surface area contributed by atoms with Crippen LogP contribution in [0.4, 0.5) is 4.39 Å². The SMILES string of the molecule is COc1cc(C(=O)OCc2ccc(F)cc2Br)cc(OC)c1OC. The molecule has 0 saturated heterocycles. The summed E-state index contributed by atoms with van der Waals surface area (Å²) in [6.07, 6.45) is 0. The summed E-state index contributed by atoms with van der Waals surface area (Å²) in [5, 5.41) is 0. The van der Waals surface area contributed by atoms with Crippen molar-refractivity contribution in [2.75, 3.05) is 21.3 Å². The van der Waals surface area contributed by atoms with Crippen LogP contribution < -0.4 is 14.2 Å². The van der Waals surface area contributed by atoms with Crippen molar-refractivity contribution in [1.29, 1.82) is 0 Å². The van der Waals surface area contributed by atoms with Gasteiger partial charge in [0.05, 0.1) is 26.9 Å². The Labute approximate surface area is 147 Å². The molecule has 5 nitrogen and oxygen atoms in total. The third-order valence-corrected chi connectivity index (χ3v) is 4.01. The van der Waals surface area contributed by atoms with Gasteiger partial charge in [-0.2, -0.15) is 0 Å². The molecule has 0 aliphatic rings. The molecule has 128 valence electrons. The van der Waals surface area contributed by atoms with Gasteiger partial charge in [-0.15, -0.1) is 0 Å². The van der Waals surface area contributed by atoms with E-state index in [9.17, 15) is 9.18 Å². The van der Waals surface area contributed by atoms with Crippen LogP contribution in [0.25, 0.3) is 0 Å². The van der Waals surface area contributed by atoms with Gasteiger partial charge in [0.25, 0.3) is 0 Å². The second kappa shape index (κ2) is 8.01. The van der Waals surface area contributed by atoms with Crippen molar-refractivity contribution in [3.05, 3.63) is 51.7 Å². The first-order valence-electron chi connectivity index (χ1n) is 6.91. The van der Waals surface area contributed by atoms with Gasteiger partial charge in [0.15, 0.2) is 11.5 Å². The number of methoxy groups -OCH3 is 3. The Morgan fingerprint density at radius 1 is 1.04 bits per heavy atom. The summed E-state index contributed by atoms with van der Waals surface area (Å²) < 4.78 is 34.5. The first-order chi connectivity index (χ1) is 11.5. The van der Waals surface area contributed by atoms with E-state index in [1.54, 1.807) is 6.07 Å². The van der Waals surface area contributed by atoms with Crippen LogP contribution in [0.1, 0.15) is 15.9 Å². The van der Waals surface area contributed by atoms with E-state index in [0.29, 0.717) is 27.3 Å². The summed E-state index contributed by atoms with van der Waals surface area (Å²) >= 11 is 3.23. The van der Waals surface area contributed by atoms with Crippen molar-refractivity contribution in [3.63, 3.8) is 0 Å². The van der Waals surface area contributed by atoms with E-state index in [-0.39, 0.29) is 18.0 Å². The number of hydrogen-bond acceptors (Lipinski definition) is 5. The molecule has 0 unspecified atom stereocenters. The Morgan fingerprint density at radius 3 is 2.17 bits per heavy atom. The lowest BCUT2D eigenvalue weighted by molar-refractivity contribution is 0.0471. The maximum atomic E-state index is 13.1. The van der Waals surface area contributed by atoms with Gasteiger partial charge in [-0.3, -0.25) is 0 Å². The highest BCUT2D eigenvalue weighted by Crippen LogP contribution is 2.38. The Balaban J connectivity index is 2.20. The molecule has 0 atom stereocenters. The minimum atomic E-state index is -0.564. The molecule has 7 heteroatoms. The quantitative estimate of drug-likeness (QED) is 0.689. The molecule has 0 heterocycles. The summed E-state index contributed by atoms with van der Waals surface area (Å²) in [6, 6.07) is 7.16. The first-order valence-corrected chi connectivity index (χ1v) is 7.70. The van der Waals surface area contributed by atoms with Gasteiger partial charge in [-0.25, -0.2) is 9.18 Å². The summed E-state index contributed by atoms with van der Waals surface area (Å²) in [5.41, 5.74) is 0.903. The van der Waals surface area contributed by atoms with Crippen molar-refractivity contribution in [2.24, 2.45) is 0 Å². The molecule has 0 saturated carbocycles. The number of halogens is 2. The maximum absolute atomic E-state index is 13.1. The van der Waals surface area contributed by atoms with Gasteiger partial charge in [-0.05, 0) is 24.3 Å². The number of rotatable bonds is 6. The van der Waals surface area contributed by atoms with E-state index in [1.807, 2.05) is 0 Å². The van der Waals surface area contributed by atoms with E-state index in [1.165, 1.54) is 45.6 Å². The molecule has 2 aromatic rings. The lowest BCUT2D eigenvalue weighted by atomic mass is 10.2. The Kier molecular flexibility index (Phi) is 6.03. The van der Waals surface area contributed by atoms with Gasteiger partial charge in [0.1, 0.15) is 12.4 Å². The van der Waals surface area contributed by atoms with Gasteiger partial charge < -0.3 is 18.9 Å². The molecule has 0 aliphatic carbocycles. The first kappa shape index (κ1) is 18.1. The number of ether oxygens (including phenoxy) is 4. The smallest absolute Gasteiger partial charge is 0.338 e. The van der Waals surface area contributed by atoms with Crippen LogP contribution in [0.5, 0.6) is 17.2 Å². The topological polar surface area (TPSA) is 54.0 Å². The summed E-state index contributed by atoms with van der Waals surface area (Å²) in [5.74, 6) is 0.156. The third kappa shape index (κ3) is 3.97. The maximum Gasteiger partial charge on any atom is 0.338 e. The largest absolute Gasteiger partial charge is 0.493 e. The van der Waals surface area contributed by atoms with E-state index in [2.05, 4.69) is 15.9 Å². The Hall–Kier alpha value is -2.28. The zero-order valence-corrected chi connectivity index (χ0v) is 15.0. The molecular weight excluding hydrogens is 383 g/mol. The molecular formula is C17H16BrFO5. The van der Waals surface area contributed by atoms with E-state index < -0.39 is 5.97 Å². The molecule has 0 amide bonds. The van der Waals surface area contributed by atoms with Crippen LogP contribution in [0.3, 0.4) is 0 Å². The molecule has 24 heavy (non-hydrogen) atoms. The van der Waals surface area contributed by atoms with E-state index >= 15 is 0 Å². The van der Waals surface area contributed by atoms with Crippen LogP contribution in [0, 0.1) is 5.82 Å². The van der Waals surface area contributed by atoms with Crippen LogP contribution in [0.2, 0.25) is 0 Å². The fourth-order valence-corrected chi connectivity index (χ4v) is 2.53. The standard InChI is InChI=1S/C17H16BrFO5/c1-21-14-6-11(7-15(22-2)16(14)23-3)17(20)24-9-10-4-5-12(19)8-13(10)18/h4-8H,9H2,1-3H3. The monoisotopic (exact) mass is 398 g/mol. The van der Waals surface area contributed by atoms with Gasteiger partial charge in [0, 0.05) is 10.0 Å². The Morgan fingerprint density at radius 2 is 1.67 bits per heavy atom. The highest BCUT2D eigenvalue weighted by atomic mass is 79.9. The number of hydrogen-bond donors (Lipinski definition) is 0. The third-order valence-electron chi connectivity index (χ3n) is 3.27. The van der Waals surface area contributed by atoms with Crippen LogP contribution in [-0.2, 0) is 11.3 Å². The molecule has 0 fully saturated rings. The minimum absolute atomic E-state index is 0.00361. The molecule has 0 N–H and O–H groups in total. The highest BCUT2D eigenvalue weighted by molar-refractivity contribution is 9.10. The van der Waals surface area contributed by atoms with Crippen molar-refractivity contribution in [1.82, 2.24) is 0 Å². The van der Waals surface area contributed by atoms with E-state index in [0.717, 1.165) is 0 Å². The van der Waals surface area contributed by atoms with E-state index in [4.69, 9.17) is 18.9 Å². The van der Waals surface area contributed by atoms with Crippen molar-refractivity contribution in [2.45, 2.75) is 6.61 Å². The molecule has 0 radical (unpaired) electrons. The average Bonchev–Trinajstić information content (AvgIpc) is 2.59. The molecule has 0 aliphatic heterocycles. The van der Waals surface area contributed by atoms with Crippen molar-refractivity contribution in [3.8, 4) is 17.2 Å². The van der Waals surface area contributed by atoms with Crippen molar-refractivity contribution >= 4 is 21.9 Å². The van der Waals surface area contributed by atoms with Crippen LogP contribution in [-0.4, -0.2) is 27.3 Å². The fraction of sp³-hybridized carbons (Fsp3) is 0.235. The predicted molar refractivity (Wildman–Crippen MR) is 89.3 cm³/mol. The summed E-state index contributed by atoms with van der Waals surface area (Å²) in [4.78, 5) is 12.3. The molecule has 2 rings (SSSR count). The fourth-order valence-electron chi connectivity index (χ4n) is 2.06. The number of esters is 1. The summed E-state index contributed by atoms with van der Waals surface area (Å²) in [7, 11) is 4.40. The second-order valence-electron chi connectivity index (χ2n) is 4.73. The van der Waals surface area contributed by atoms with Gasteiger partial charge in [0.2, 0.25) is 5.75 Å². The summed E-state index contributed by atoms with van der Waals surface area (Å²) in [6.45, 7) is -0.00361. The number of benzene rings is 2. The zero-order valence-electron chi connectivity index (χ0n) is 13.4. The lowest BCUT2D eigenvalue weighted by Crippen LogP contribution is -2.07. The zero-order chi connectivity index (χ0) is 17.7. The minimum Gasteiger partial charge on any atom is -0.493 e. The second-order valence-corrected chi connectivity index (χ2v) is 5.58. The average molecular weight is 399 g/mol. The van der Waals surface area contributed by atoms with Crippen LogP contribution >= 0.6 is 15.9 Å². The normalized spacial score (nSPS) is 10.2. The predicted octanol–water partition coefficient (Wildman–Crippen LogP) is 3.97. The lowest BCUT2D eigenvalue weighted by Gasteiger charge is -2.14. The van der Waals surface area contributed by atoms with Crippen LogP contribution in [0.15, 0.2) is 34.8 Å². The van der Waals surface area contributed by atoms with Gasteiger partial charge >= 0.3 is 5.97 Å². The number of carbonyl (C=O) groups is 1. The molecule has 0 spiro atoms.